The summed E-state index contributed by atoms with van der Waals surface area (Å²) < 4.78 is 0. The Hall–Kier alpha value is -1.92. The van der Waals surface area contributed by atoms with Crippen molar-refractivity contribution in [3.05, 3.63) is 0 Å². The predicted molar refractivity (Wildman–Crippen MR) is 114 cm³/mol. The number of carboxylic acids is 2. The number of carboxylic acid groups (broad SMARTS) is 2. The fourth-order valence-electron chi connectivity index (χ4n) is 6.85. The number of Topliss-reactive ketones (excluding diaryl/α,β-unsaturated/α-hetero) is 1. The van der Waals surface area contributed by atoms with Crippen LogP contribution in [0.1, 0.15) is 90.4 Å². The lowest BCUT2D eigenvalue weighted by molar-refractivity contribution is -0.139. The minimum absolute atomic E-state index is 0.0795. The standard InChI is InChI=1S/C24H37NO6/c1-2-18(3-5-21(27)28)23(31)25-19(4-6-22(29)30)20(26)7-8-24-12-15-9-16(13-24)11-17(10-15)14-24/h15-19H,2-14H2,1H3,(H,25,31)(H,27,28)(H,29,30)/t15?,16?,17?,18-,19-,24?/m0/s1. The van der Waals surface area contributed by atoms with E-state index in [0.717, 1.165) is 24.2 Å². The second kappa shape index (κ2) is 10.1. The molecule has 4 aliphatic rings. The summed E-state index contributed by atoms with van der Waals surface area (Å²) in [4.78, 5) is 47.7. The molecule has 0 aromatic carbocycles. The van der Waals surface area contributed by atoms with Gasteiger partial charge >= 0.3 is 11.9 Å². The molecule has 4 aliphatic carbocycles. The summed E-state index contributed by atoms with van der Waals surface area (Å²) in [5.74, 6) is -0.443. The van der Waals surface area contributed by atoms with Crippen LogP contribution in [0.25, 0.3) is 0 Å². The molecular formula is C24H37NO6. The first-order valence-electron chi connectivity index (χ1n) is 12.0. The Labute approximate surface area is 184 Å². The summed E-state index contributed by atoms with van der Waals surface area (Å²) in [6.45, 7) is 1.81. The maximum absolute atomic E-state index is 13.1. The number of hydrogen-bond acceptors (Lipinski definition) is 4. The second-order valence-corrected chi connectivity index (χ2v) is 10.4. The number of hydrogen-bond donors (Lipinski definition) is 3. The molecule has 0 aromatic rings. The van der Waals surface area contributed by atoms with Crippen LogP contribution in [-0.2, 0) is 19.2 Å². The van der Waals surface area contributed by atoms with Gasteiger partial charge in [-0.15, -0.1) is 0 Å². The first kappa shape index (κ1) is 23.7. The lowest BCUT2D eigenvalue weighted by atomic mass is 9.48. The number of ketones is 1. The molecule has 7 heteroatoms. The Morgan fingerprint density at radius 3 is 1.87 bits per heavy atom. The zero-order valence-electron chi connectivity index (χ0n) is 18.6. The van der Waals surface area contributed by atoms with E-state index >= 15 is 0 Å². The van der Waals surface area contributed by atoms with Crippen molar-refractivity contribution in [3.63, 3.8) is 0 Å². The van der Waals surface area contributed by atoms with E-state index in [1.807, 2.05) is 6.92 Å². The maximum Gasteiger partial charge on any atom is 0.303 e. The van der Waals surface area contributed by atoms with Crippen molar-refractivity contribution in [1.82, 2.24) is 5.32 Å². The smallest absolute Gasteiger partial charge is 0.303 e. The highest BCUT2D eigenvalue weighted by atomic mass is 16.4. The summed E-state index contributed by atoms with van der Waals surface area (Å²) in [7, 11) is 0. The van der Waals surface area contributed by atoms with Gasteiger partial charge in [0.05, 0.1) is 6.04 Å². The first-order valence-corrected chi connectivity index (χ1v) is 12.0. The topological polar surface area (TPSA) is 121 Å². The number of rotatable bonds is 13. The van der Waals surface area contributed by atoms with Crippen molar-refractivity contribution in [2.45, 2.75) is 96.4 Å². The monoisotopic (exact) mass is 435 g/mol. The van der Waals surface area contributed by atoms with Crippen LogP contribution in [0.5, 0.6) is 0 Å². The van der Waals surface area contributed by atoms with Crippen molar-refractivity contribution in [2.75, 3.05) is 0 Å². The Bertz CT molecular complexity index is 667. The lowest BCUT2D eigenvalue weighted by Crippen LogP contribution is -2.47. The minimum atomic E-state index is -0.994. The molecular weight excluding hydrogens is 398 g/mol. The van der Waals surface area contributed by atoms with E-state index in [1.165, 1.54) is 38.5 Å². The van der Waals surface area contributed by atoms with Crippen LogP contribution in [0.15, 0.2) is 0 Å². The van der Waals surface area contributed by atoms with Gasteiger partial charge in [-0.2, -0.15) is 0 Å². The largest absolute Gasteiger partial charge is 0.481 e. The Morgan fingerprint density at radius 2 is 1.39 bits per heavy atom. The Morgan fingerprint density at radius 1 is 0.871 bits per heavy atom. The van der Waals surface area contributed by atoms with Crippen LogP contribution in [-0.4, -0.2) is 39.9 Å². The fraction of sp³-hybridized carbons (Fsp3) is 0.833. The molecule has 0 radical (unpaired) electrons. The SMILES string of the molecule is CC[C@@H](CCC(=O)O)C(=O)N[C@@H](CCC(=O)O)C(=O)CCC12CC3CC(CC(C3)C1)C2. The third kappa shape index (κ3) is 6.30. The average Bonchev–Trinajstić information content (AvgIpc) is 2.68. The van der Waals surface area contributed by atoms with Gasteiger partial charge < -0.3 is 15.5 Å². The van der Waals surface area contributed by atoms with Gasteiger partial charge in [0.15, 0.2) is 5.78 Å². The molecule has 7 nitrogen and oxygen atoms in total. The fourth-order valence-corrected chi connectivity index (χ4v) is 6.85. The van der Waals surface area contributed by atoms with Crippen molar-refractivity contribution in [3.8, 4) is 0 Å². The minimum Gasteiger partial charge on any atom is -0.481 e. The van der Waals surface area contributed by atoms with E-state index in [4.69, 9.17) is 10.2 Å². The van der Waals surface area contributed by atoms with Crippen LogP contribution < -0.4 is 5.32 Å². The predicted octanol–water partition coefficient (Wildman–Crippen LogP) is 3.79. The average molecular weight is 436 g/mol. The number of carbonyl (C=O) groups is 4. The molecule has 0 aliphatic heterocycles. The summed E-state index contributed by atoms with van der Waals surface area (Å²) in [5.41, 5.74) is 0.263. The van der Waals surface area contributed by atoms with Crippen molar-refractivity contribution in [1.29, 1.82) is 0 Å². The quantitative estimate of drug-likeness (QED) is 0.405. The zero-order chi connectivity index (χ0) is 22.6. The molecule has 1 amide bonds. The second-order valence-electron chi connectivity index (χ2n) is 10.4. The third-order valence-electron chi connectivity index (χ3n) is 7.99. The van der Waals surface area contributed by atoms with E-state index in [0.29, 0.717) is 12.8 Å². The molecule has 4 rings (SSSR count). The van der Waals surface area contributed by atoms with E-state index in [9.17, 15) is 19.2 Å². The first-order chi connectivity index (χ1) is 14.7. The third-order valence-corrected chi connectivity index (χ3v) is 7.99. The molecule has 0 saturated heterocycles. The highest BCUT2D eigenvalue weighted by Gasteiger charge is 2.50. The van der Waals surface area contributed by atoms with Crippen molar-refractivity contribution >= 4 is 23.6 Å². The molecule has 174 valence electrons. The van der Waals surface area contributed by atoms with Crippen LogP contribution >= 0.6 is 0 Å². The van der Waals surface area contributed by atoms with Crippen LogP contribution in [0.2, 0.25) is 0 Å². The molecule has 2 atom stereocenters. The number of carbonyl (C=O) groups excluding carboxylic acids is 2. The van der Waals surface area contributed by atoms with E-state index in [-0.39, 0.29) is 42.8 Å². The Balaban J connectivity index is 1.58. The summed E-state index contributed by atoms with van der Waals surface area (Å²) in [6.07, 6.45) is 9.38. The normalized spacial score (nSPS) is 30.5. The Kier molecular flexibility index (Phi) is 7.76. The van der Waals surface area contributed by atoms with Crippen LogP contribution in [0.4, 0.5) is 0 Å². The summed E-state index contributed by atoms with van der Waals surface area (Å²) in [5, 5.41) is 20.7. The zero-order valence-corrected chi connectivity index (χ0v) is 18.6. The molecule has 4 fully saturated rings. The van der Waals surface area contributed by atoms with Gasteiger partial charge in [0.1, 0.15) is 0 Å². The van der Waals surface area contributed by atoms with Gasteiger partial charge in [0.2, 0.25) is 5.91 Å². The van der Waals surface area contributed by atoms with Gasteiger partial charge in [0.25, 0.3) is 0 Å². The van der Waals surface area contributed by atoms with Crippen LogP contribution in [0, 0.1) is 29.1 Å². The molecule has 3 N–H and O–H groups in total. The molecule has 4 bridgehead atoms. The van der Waals surface area contributed by atoms with Gasteiger partial charge in [-0.1, -0.05) is 6.92 Å². The van der Waals surface area contributed by atoms with Gasteiger partial charge in [-0.3, -0.25) is 19.2 Å². The van der Waals surface area contributed by atoms with E-state index in [2.05, 4.69) is 5.32 Å². The van der Waals surface area contributed by atoms with Gasteiger partial charge in [-0.25, -0.2) is 0 Å². The highest BCUT2D eigenvalue weighted by molar-refractivity contribution is 5.90. The van der Waals surface area contributed by atoms with Gasteiger partial charge in [0, 0.05) is 25.2 Å². The van der Waals surface area contributed by atoms with E-state index in [1.54, 1.807) is 0 Å². The number of amides is 1. The van der Waals surface area contributed by atoms with Gasteiger partial charge in [-0.05, 0) is 87.4 Å². The molecule has 31 heavy (non-hydrogen) atoms. The molecule has 4 saturated carbocycles. The van der Waals surface area contributed by atoms with Crippen molar-refractivity contribution in [2.24, 2.45) is 29.1 Å². The van der Waals surface area contributed by atoms with Crippen LogP contribution in [0.3, 0.4) is 0 Å². The van der Waals surface area contributed by atoms with Crippen molar-refractivity contribution < 1.29 is 29.4 Å². The lowest BCUT2D eigenvalue weighted by Gasteiger charge is -2.57. The highest BCUT2D eigenvalue weighted by Crippen LogP contribution is 2.61. The summed E-state index contributed by atoms with van der Waals surface area (Å²) in [6, 6.07) is -0.809. The maximum atomic E-state index is 13.1. The number of aliphatic carboxylic acids is 2. The molecule has 0 spiro atoms. The van der Waals surface area contributed by atoms with E-state index < -0.39 is 23.9 Å². The molecule has 0 aromatic heterocycles. The molecule has 0 unspecified atom stereocenters. The summed E-state index contributed by atoms with van der Waals surface area (Å²) >= 11 is 0. The number of nitrogens with one attached hydrogen (secondary N) is 1. The molecule has 0 heterocycles.